The third kappa shape index (κ3) is 2.33. The van der Waals surface area contributed by atoms with Gasteiger partial charge in [-0.25, -0.2) is 0 Å². The van der Waals surface area contributed by atoms with Crippen LogP contribution >= 0.6 is 0 Å². The largest absolute Gasteiger partial charge is 0.385 e. The Balaban J connectivity index is 2.10. The maximum absolute atomic E-state index is 11.5. The first-order chi connectivity index (χ1) is 7.81. The lowest BCUT2D eigenvalue weighted by Gasteiger charge is -2.30. The Morgan fingerprint density at radius 3 is 3.06 bits per heavy atom. The second-order valence-corrected chi connectivity index (χ2v) is 3.83. The lowest BCUT2D eigenvalue weighted by atomic mass is 10.2. The van der Waals surface area contributed by atoms with Crippen LogP contribution in [-0.2, 0) is 9.53 Å². The molecule has 0 aromatic heterocycles. The van der Waals surface area contributed by atoms with E-state index < -0.39 is 0 Å². The number of ether oxygens (including phenoxy) is 1. The Hall–Kier alpha value is -1.55. The Kier molecular flexibility index (Phi) is 3.41. The van der Waals surface area contributed by atoms with Crippen LogP contribution in [0.5, 0.6) is 0 Å². The fraction of sp³-hybridized carbons (Fsp3) is 0.417. The smallest absolute Gasteiger partial charge is 0.243 e. The van der Waals surface area contributed by atoms with Crippen molar-refractivity contribution in [2.45, 2.75) is 6.42 Å². The summed E-state index contributed by atoms with van der Waals surface area (Å²) in [7, 11) is 1.69. The van der Waals surface area contributed by atoms with Gasteiger partial charge in [-0.1, -0.05) is 12.1 Å². The van der Waals surface area contributed by atoms with Crippen molar-refractivity contribution in [3.63, 3.8) is 0 Å². The van der Waals surface area contributed by atoms with Gasteiger partial charge in [0.25, 0.3) is 0 Å². The van der Waals surface area contributed by atoms with Gasteiger partial charge < -0.3 is 15.0 Å². The molecule has 1 aliphatic heterocycles. The number of rotatable bonds is 4. The first-order valence-corrected chi connectivity index (χ1v) is 5.44. The van der Waals surface area contributed by atoms with Crippen molar-refractivity contribution in [1.82, 2.24) is 0 Å². The SMILES string of the molecule is COCCCN1CC(=O)Nc2ccccc21. The fourth-order valence-corrected chi connectivity index (χ4v) is 1.90. The van der Waals surface area contributed by atoms with E-state index in [-0.39, 0.29) is 5.91 Å². The monoisotopic (exact) mass is 220 g/mol. The van der Waals surface area contributed by atoms with Crippen molar-refractivity contribution < 1.29 is 9.53 Å². The summed E-state index contributed by atoms with van der Waals surface area (Å²) in [5, 5.41) is 2.87. The van der Waals surface area contributed by atoms with E-state index in [0.717, 1.165) is 30.9 Å². The predicted octanol–water partition coefficient (Wildman–Crippen LogP) is 1.48. The van der Waals surface area contributed by atoms with E-state index in [1.54, 1.807) is 7.11 Å². The molecule has 4 nitrogen and oxygen atoms in total. The number of methoxy groups -OCH3 is 1. The molecular weight excluding hydrogens is 204 g/mol. The number of anilines is 2. The maximum Gasteiger partial charge on any atom is 0.243 e. The normalized spacial score (nSPS) is 14.6. The van der Waals surface area contributed by atoms with Gasteiger partial charge in [0.05, 0.1) is 17.9 Å². The van der Waals surface area contributed by atoms with E-state index in [2.05, 4.69) is 10.2 Å². The van der Waals surface area contributed by atoms with E-state index in [0.29, 0.717) is 6.54 Å². The van der Waals surface area contributed by atoms with Gasteiger partial charge >= 0.3 is 0 Å². The van der Waals surface area contributed by atoms with Gasteiger partial charge in [0, 0.05) is 20.3 Å². The second-order valence-electron chi connectivity index (χ2n) is 3.83. The van der Waals surface area contributed by atoms with E-state index >= 15 is 0 Å². The molecule has 1 aliphatic rings. The van der Waals surface area contributed by atoms with Crippen LogP contribution in [-0.4, -0.2) is 32.7 Å². The molecular formula is C12H16N2O2. The topological polar surface area (TPSA) is 41.6 Å². The quantitative estimate of drug-likeness (QED) is 0.781. The van der Waals surface area contributed by atoms with Crippen LogP contribution in [0.1, 0.15) is 6.42 Å². The van der Waals surface area contributed by atoms with Gasteiger partial charge in [-0.2, -0.15) is 0 Å². The molecule has 16 heavy (non-hydrogen) atoms. The van der Waals surface area contributed by atoms with Gasteiger partial charge in [-0.3, -0.25) is 4.79 Å². The summed E-state index contributed by atoms with van der Waals surface area (Å²) in [6.07, 6.45) is 0.929. The van der Waals surface area contributed by atoms with Crippen LogP contribution in [0, 0.1) is 0 Å². The molecule has 1 amide bonds. The highest BCUT2D eigenvalue weighted by molar-refractivity contribution is 6.01. The lowest BCUT2D eigenvalue weighted by molar-refractivity contribution is -0.115. The summed E-state index contributed by atoms with van der Waals surface area (Å²) in [6, 6.07) is 7.87. The zero-order valence-corrected chi connectivity index (χ0v) is 9.40. The van der Waals surface area contributed by atoms with Crippen molar-refractivity contribution in [1.29, 1.82) is 0 Å². The molecule has 1 aromatic rings. The minimum absolute atomic E-state index is 0.0520. The first-order valence-electron chi connectivity index (χ1n) is 5.44. The number of para-hydroxylation sites is 2. The number of nitrogens with zero attached hydrogens (tertiary/aromatic N) is 1. The summed E-state index contributed by atoms with van der Waals surface area (Å²) in [4.78, 5) is 13.6. The van der Waals surface area contributed by atoms with Crippen molar-refractivity contribution in [2.75, 3.05) is 37.0 Å². The number of fused-ring (bicyclic) bond motifs is 1. The molecule has 0 aliphatic carbocycles. The van der Waals surface area contributed by atoms with Crippen LogP contribution in [0.4, 0.5) is 11.4 Å². The van der Waals surface area contributed by atoms with Gasteiger partial charge in [0.15, 0.2) is 0 Å². The van der Waals surface area contributed by atoms with Crippen molar-refractivity contribution in [3.8, 4) is 0 Å². The number of carbonyl (C=O) groups is 1. The van der Waals surface area contributed by atoms with Crippen LogP contribution in [0.25, 0.3) is 0 Å². The minimum atomic E-state index is 0.0520. The number of benzene rings is 1. The molecule has 0 fully saturated rings. The number of nitrogens with one attached hydrogen (secondary N) is 1. The first kappa shape index (κ1) is 11.0. The summed E-state index contributed by atoms with van der Waals surface area (Å²) < 4.78 is 5.02. The molecule has 86 valence electrons. The number of hydrogen-bond donors (Lipinski definition) is 1. The third-order valence-corrected chi connectivity index (χ3v) is 2.63. The van der Waals surface area contributed by atoms with Crippen molar-refractivity contribution in [2.24, 2.45) is 0 Å². The molecule has 0 bridgehead atoms. The van der Waals surface area contributed by atoms with Crippen LogP contribution in [0.15, 0.2) is 24.3 Å². The molecule has 0 unspecified atom stereocenters. The highest BCUT2D eigenvalue weighted by atomic mass is 16.5. The molecule has 2 rings (SSSR count). The maximum atomic E-state index is 11.5. The van der Waals surface area contributed by atoms with Crippen LogP contribution < -0.4 is 10.2 Å². The Morgan fingerprint density at radius 2 is 2.25 bits per heavy atom. The van der Waals surface area contributed by atoms with Gasteiger partial charge in [0.2, 0.25) is 5.91 Å². The molecule has 0 saturated heterocycles. The second kappa shape index (κ2) is 4.99. The lowest BCUT2D eigenvalue weighted by Crippen LogP contribution is -2.38. The van der Waals surface area contributed by atoms with Crippen LogP contribution in [0.2, 0.25) is 0 Å². The van der Waals surface area contributed by atoms with E-state index in [9.17, 15) is 4.79 Å². The Morgan fingerprint density at radius 1 is 1.44 bits per heavy atom. The van der Waals surface area contributed by atoms with E-state index in [1.165, 1.54) is 0 Å². The fourth-order valence-electron chi connectivity index (χ4n) is 1.90. The van der Waals surface area contributed by atoms with Gasteiger partial charge in [0.1, 0.15) is 0 Å². The van der Waals surface area contributed by atoms with Gasteiger partial charge in [-0.15, -0.1) is 0 Å². The predicted molar refractivity (Wildman–Crippen MR) is 63.8 cm³/mol. The molecule has 1 N–H and O–H groups in total. The van der Waals surface area contributed by atoms with E-state index in [1.807, 2.05) is 24.3 Å². The minimum Gasteiger partial charge on any atom is -0.385 e. The average molecular weight is 220 g/mol. The van der Waals surface area contributed by atoms with Crippen LogP contribution in [0.3, 0.4) is 0 Å². The summed E-state index contributed by atoms with van der Waals surface area (Å²) >= 11 is 0. The average Bonchev–Trinajstić information content (AvgIpc) is 2.29. The number of amides is 1. The standard InChI is InChI=1S/C12H16N2O2/c1-16-8-4-7-14-9-12(15)13-10-5-2-3-6-11(10)14/h2-3,5-6H,4,7-9H2,1H3,(H,13,15). The third-order valence-electron chi connectivity index (χ3n) is 2.63. The zero-order valence-electron chi connectivity index (χ0n) is 9.40. The molecule has 1 heterocycles. The van der Waals surface area contributed by atoms with E-state index in [4.69, 9.17) is 4.74 Å². The van der Waals surface area contributed by atoms with Gasteiger partial charge in [-0.05, 0) is 18.6 Å². The molecule has 0 spiro atoms. The summed E-state index contributed by atoms with van der Waals surface area (Å²) in [6.45, 7) is 2.00. The Labute approximate surface area is 95.2 Å². The molecule has 1 aromatic carbocycles. The summed E-state index contributed by atoms with van der Waals surface area (Å²) in [5.74, 6) is 0.0520. The molecule has 4 heteroatoms. The Bertz CT molecular complexity index is 379. The number of hydrogen-bond acceptors (Lipinski definition) is 3. The highest BCUT2D eigenvalue weighted by Gasteiger charge is 2.20. The summed E-state index contributed by atoms with van der Waals surface area (Å²) in [5.41, 5.74) is 1.99. The van der Waals surface area contributed by atoms with Crippen molar-refractivity contribution in [3.05, 3.63) is 24.3 Å². The highest BCUT2D eigenvalue weighted by Crippen LogP contribution is 2.28. The zero-order chi connectivity index (χ0) is 11.4. The van der Waals surface area contributed by atoms with Crippen molar-refractivity contribution >= 4 is 17.3 Å². The number of carbonyl (C=O) groups excluding carboxylic acids is 1. The molecule has 0 radical (unpaired) electrons. The molecule has 0 atom stereocenters. The molecule has 0 saturated carbocycles.